The summed E-state index contributed by atoms with van der Waals surface area (Å²) in [5, 5.41) is 4.84. The summed E-state index contributed by atoms with van der Waals surface area (Å²) < 4.78 is 11.0. The molecule has 1 aromatic heterocycles. The van der Waals surface area contributed by atoms with Crippen molar-refractivity contribution < 1.29 is 14.3 Å². The molecule has 0 fully saturated rings. The fraction of sp³-hybridized carbons (Fsp3) is 0.278. The molecule has 122 valence electrons. The zero-order valence-electron chi connectivity index (χ0n) is 13.5. The Hall–Kier alpha value is -2.27. The van der Waals surface area contributed by atoms with Gasteiger partial charge in [-0.3, -0.25) is 4.79 Å². The van der Waals surface area contributed by atoms with Gasteiger partial charge < -0.3 is 14.8 Å². The SMILES string of the molecule is COc1cc(/C=C/C(=O)NCc2cccs2)ccc1OC(C)C. The summed E-state index contributed by atoms with van der Waals surface area (Å²) in [6, 6.07) is 9.55. The molecule has 0 aliphatic rings. The molecule has 0 saturated heterocycles. The van der Waals surface area contributed by atoms with Crippen LogP contribution < -0.4 is 14.8 Å². The Bertz CT molecular complexity index is 663. The lowest BCUT2D eigenvalue weighted by Crippen LogP contribution is -2.19. The zero-order valence-corrected chi connectivity index (χ0v) is 14.4. The highest BCUT2D eigenvalue weighted by molar-refractivity contribution is 7.09. The molecule has 0 aliphatic carbocycles. The lowest BCUT2D eigenvalue weighted by molar-refractivity contribution is -0.116. The first-order valence-electron chi connectivity index (χ1n) is 7.41. The van der Waals surface area contributed by atoms with E-state index in [2.05, 4.69) is 5.32 Å². The van der Waals surface area contributed by atoms with Crippen LogP contribution in [0.5, 0.6) is 11.5 Å². The lowest BCUT2D eigenvalue weighted by Gasteiger charge is -2.13. The molecule has 0 unspecified atom stereocenters. The van der Waals surface area contributed by atoms with E-state index in [1.807, 2.05) is 49.6 Å². The maximum Gasteiger partial charge on any atom is 0.244 e. The molecule has 2 aromatic rings. The quantitative estimate of drug-likeness (QED) is 0.783. The average molecular weight is 331 g/mol. The van der Waals surface area contributed by atoms with E-state index >= 15 is 0 Å². The minimum atomic E-state index is -0.125. The predicted molar refractivity (Wildman–Crippen MR) is 94.0 cm³/mol. The average Bonchev–Trinajstić information content (AvgIpc) is 3.04. The summed E-state index contributed by atoms with van der Waals surface area (Å²) >= 11 is 1.62. The molecular formula is C18H21NO3S. The van der Waals surface area contributed by atoms with E-state index in [0.717, 1.165) is 10.4 Å². The molecule has 0 radical (unpaired) electrons. The van der Waals surface area contributed by atoms with Crippen LogP contribution >= 0.6 is 11.3 Å². The van der Waals surface area contributed by atoms with Crippen molar-refractivity contribution in [3.8, 4) is 11.5 Å². The Balaban J connectivity index is 1.97. The highest BCUT2D eigenvalue weighted by Crippen LogP contribution is 2.29. The van der Waals surface area contributed by atoms with Crippen LogP contribution in [0.15, 0.2) is 41.8 Å². The minimum Gasteiger partial charge on any atom is -0.493 e. The van der Waals surface area contributed by atoms with Crippen molar-refractivity contribution in [2.75, 3.05) is 7.11 Å². The van der Waals surface area contributed by atoms with Gasteiger partial charge in [0.15, 0.2) is 11.5 Å². The smallest absolute Gasteiger partial charge is 0.244 e. The molecule has 0 bridgehead atoms. The molecule has 0 aliphatic heterocycles. The lowest BCUT2D eigenvalue weighted by atomic mass is 10.2. The van der Waals surface area contributed by atoms with Gasteiger partial charge >= 0.3 is 0 Å². The van der Waals surface area contributed by atoms with E-state index in [0.29, 0.717) is 18.0 Å². The number of methoxy groups -OCH3 is 1. The Labute approximate surface area is 140 Å². The first-order valence-corrected chi connectivity index (χ1v) is 8.29. The molecule has 1 aromatic carbocycles. The third-order valence-electron chi connectivity index (χ3n) is 2.99. The molecule has 0 atom stereocenters. The summed E-state index contributed by atoms with van der Waals surface area (Å²) in [5.41, 5.74) is 0.879. The second-order valence-corrected chi connectivity index (χ2v) is 6.24. The third-order valence-corrected chi connectivity index (χ3v) is 3.87. The van der Waals surface area contributed by atoms with Crippen LogP contribution in [-0.2, 0) is 11.3 Å². The maximum absolute atomic E-state index is 11.8. The number of carbonyl (C=O) groups excluding carboxylic acids is 1. The molecule has 0 spiro atoms. The van der Waals surface area contributed by atoms with Crippen molar-refractivity contribution in [3.05, 3.63) is 52.2 Å². The number of nitrogens with one attached hydrogen (secondary N) is 1. The second kappa shape index (κ2) is 8.39. The zero-order chi connectivity index (χ0) is 16.7. The third kappa shape index (κ3) is 5.45. The van der Waals surface area contributed by atoms with Gasteiger partial charge in [0, 0.05) is 11.0 Å². The van der Waals surface area contributed by atoms with Gasteiger partial charge in [0.25, 0.3) is 0 Å². The number of amides is 1. The first kappa shape index (κ1) is 17.1. The largest absolute Gasteiger partial charge is 0.493 e. The molecule has 23 heavy (non-hydrogen) atoms. The molecule has 1 N–H and O–H groups in total. The molecule has 1 amide bonds. The predicted octanol–water partition coefficient (Wildman–Crippen LogP) is 3.87. The Morgan fingerprint density at radius 3 is 2.78 bits per heavy atom. The van der Waals surface area contributed by atoms with Gasteiger partial charge in [-0.2, -0.15) is 0 Å². The summed E-state index contributed by atoms with van der Waals surface area (Å²) in [5.74, 6) is 1.22. The monoisotopic (exact) mass is 331 g/mol. The maximum atomic E-state index is 11.8. The Morgan fingerprint density at radius 1 is 1.30 bits per heavy atom. The van der Waals surface area contributed by atoms with Crippen molar-refractivity contribution in [1.82, 2.24) is 5.32 Å². The number of hydrogen-bond donors (Lipinski definition) is 1. The van der Waals surface area contributed by atoms with E-state index in [9.17, 15) is 4.79 Å². The van der Waals surface area contributed by atoms with Gasteiger partial charge in [-0.05, 0) is 49.1 Å². The van der Waals surface area contributed by atoms with Crippen LogP contribution in [0.25, 0.3) is 6.08 Å². The first-order chi connectivity index (χ1) is 11.1. The van der Waals surface area contributed by atoms with Crippen LogP contribution in [-0.4, -0.2) is 19.1 Å². The molecule has 0 saturated carbocycles. The van der Waals surface area contributed by atoms with Gasteiger partial charge in [0.1, 0.15) is 0 Å². The van der Waals surface area contributed by atoms with Crippen LogP contribution in [0.2, 0.25) is 0 Å². The fourth-order valence-electron chi connectivity index (χ4n) is 1.96. The van der Waals surface area contributed by atoms with Crippen LogP contribution in [0.1, 0.15) is 24.3 Å². The highest BCUT2D eigenvalue weighted by Gasteiger charge is 2.06. The second-order valence-electron chi connectivity index (χ2n) is 5.21. The molecule has 1 heterocycles. The summed E-state index contributed by atoms with van der Waals surface area (Å²) in [7, 11) is 1.60. The number of rotatable bonds is 7. The van der Waals surface area contributed by atoms with Gasteiger partial charge in [0.05, 0.1) is 19.8 Å². The van der Waals surface area contributed by atoms with E-state index in [-0.39, 0.29) is 12.0 Å². The van der Waals surface area contributed by atoms with Crippen LogP contribution in [0.4, 0.5) is 0 Å². The van der Waals surface area contributed by atoms with Gasteiger partial charge in [0.2, 0.25) is 5.91 Å². The van der Waals surface area contributed by atoms with E-state index in [4.69, 9.17) is 9.47 Å². The number of benzene rings is 1. The minimum absolute atomic E-state index is 0.0771. The van der Waals surface area contributed by atoms with E-state index in [1.165, 1.54) is 6.08 Å². The van der Waals surface area contributed by atoms with Gasteiger partial charge in [-0.15, -0.1) is 11.3 Å². The number of carbonyl (C=O) groups is 1. The van der Waals surface area contributed by atoms with Gasteiger partial charge in [-0.25, -0.2) is 0 Å². The summed E-state index contributed by atoms with van der Waals surface area (Å²) in [4.78, 5) is 13.0. The standard InChI is InChI=1S/C18H21NO3S/c1-13(2)22-16-8-6-14(11-17(16)21-3)7-9-18(20)19-12-15-5-4-10-23-15/h4-11,13H,12H2,1-3H3,(H,19,20)/b9-7+. The van der Waals surface area contributed by atoms with Crippen molar-refractivity contribution in [2.45, 2.75) is 26.5 Å². The molecule has 5 heteroatoms. The number of hydrogen-bond acceptors (Lipinski definition) is 4. The van der Waals surface area contributed by atoms with Crippen molar-refractivity contribution in [1.29, 1.82) is 0 Å². The fourth-order valence-corrected chi connectivity index (χ4v) is 2.60. The molecule has 2 rings (SSSR count). The summed E-state index contributed by atoms with van der Waals surface area (Å²) in [6.45, 7) is 4.47. The summed E-state index contributed by atoms with van der Waals surface area (Å²) in [6.07, 6.45) is 3.35. The number of ether oxygens (including phenoxy) is 2. The highest BCUT2D eigenvalue weighted by atomic mass is 32.1. The van der Waals surface area contributed by atoms with Gasteiger partial charge in [-0.1, -0.05) is 12.1 Å². The van der Waals surface area contributed by atoms with Crippen LogP contribution in [0.3, 0.4) is 0 Å². The van der Waals surface area contributed by atoms with E-state index < -0.39 is 0 Å². The van der Waals surface area contributed by atoms with Crippen molar-refractivity contribution in [2.24, 2.45) is 0 Å². The van der Waals surface area contributed by atoms with E-state index in [1.54, 1.807) is 24.5 Å². The van der Waals surface area contributed by atoms with Crippen LogP contribution in [0, 0.1) is 0 Å². The normalized spacial score (nSPS) is 11.0. The topological polar surface area (TPSA) is 47.6 Å². The van der Waals surface area contributed by atoms with Crippen molar-refractivity contribution >= 4 is 23.3 Å². The Morgan fingerprint density at radius 2 is 2.13 bits per heavy atom. The molecule has 4 nitrogen and oxygen atoms in total. The van der Waals surface area contributed by atoms with Crippen molar-refractivity contribution in [3.63, 3.8) is 0 Å². The Kier molecular flexibility index (Phi) is 6.23. The molecular weight excluding hydrogens is 310 g/mol. The number of thiophene rings is 1.